The SMILES string of the molecule is O=C(Nc1ccc(Cl)c(Br)c1)c1cccc2ccccc12. The number of fused-ring (bicyclic) bond motifs is 1. The molecule has 0 fully saturated rings. The Morgan fingerprint density at radius 1 is 1.00 bits per heavy atom. The van der Waals surface area contributed by atoms with Gasteiger partial charge in [0, 0.05) is 15.7 Å². The third-order valence-corrected chi connectivity index (χ3v) is 4.43. The molecule has 0 aliphatic rings. The van der Waals surface area contributed by atoms with E-state index in [9.17, 15) is 4.79 Å². The van der Waals surface area contributed by atoms with Gasteiger partial charge >= 0.3 is 0 Å². The van der Waals surface area contributed by atoms with E-state index in [4.69, 9.17) is 11.6 Å². The largest absolute Gasteiger partial charge is 0.322 e. The molecule has 0 heterocycles. The molecule has 0 saturated heterocycles. The molecule has 0 unspecified atom stereocenters. The highest BCUT2D eigenvalue weighted by Crippen LogP contribution is 2.26. The lowest BCUT2D eigenvalue weighted by Crippen LogP contribution is -2.12. The summed E-state index contributed by atoms with van der Waals surface area (Å²) in [7, 11) is 0. The molecule has 0 aliphatic carbocycles. The van der Waals surface area contributed by atoms with Crippen molar-refractivity contribution in [3.8, 4) is 0 Å². The molecule has 0 aliphatic heterocycles. The van der Waals surface area contributed by atoms with Crippen LogP contribution in [0.3, 0.4) is 0 Å². The summed E-state index contributed by atoms with van der Waals surface area (Å²) in [5.74, 6) is -0.138. The minimum atomic E-state index is -0.138. The molecule has 1 N–H and O–H groups in total. The van der Waals surface area contributed by atoms with Crippen LogP contribution in [0.15, 0.2) is 65.1 Å². The molecule has 104 valence electrons. The van der Waals surface area contributed by atoms with Gasteiger partial charge in [-0.3, -0.25) is 4.79 Å². The fourth-order valence-corrected chi connectivity index (χ4v) is 2.69. The molecule has 1 amide bonds. The Balaban J connectivity index is 1.95. The van der Waals surface area contributed by atoms with Crippen LogP contribution in [0.25, 0.3) is 10.8 Å². The smallest absolute Gasteiger partial charge is 0.256 e. The monoisotopic (exact) mass is 359 g/mol. The molecule has 0 aromatic heterocycles. The van der Waals surface area contributed by atoms with E-state index in [1.807, 2.05) is 42.5 Å². The minimum absolute atomic E-state index is 0.138. The number of nitrogens with one attached hydrogen (secondary N) is 1. The maximum absolute atomic E-state index is 12.5. The van der Waals surface area contributed by atoms with Gasteiger partial charge in [0.2, 0.25) is 0 Å². The molecule has 2 nitrogen and oxygen atoms in total. The first-order valence-corrected chi connectivity index (χ1v) is 7.56. The summed E-state index contributed by atoms with van der Waals surface area (Å²) in [4.78, 5) is 12.5. The first-order chi connectivity index (χ1) is 10.1. The van der Waals surface area contributed by atoms with Gasteiger partial charge in [-0.05, 0) is 51.0 Å². The van der Waals surface area contributed by atoms with E-state index in [2.05, 4.69) is 21.2 Å². The number of rotatable bonds is 2. The first-order valence-electron chi connectivity index (χ1n) is 6.39. The lowest BCUT2D eigenvalue weighted by atomic mass is 10.0. The van der Waals surface area contributed by atoms with Crippen LogP contribution in [0.4, 0.5) is 5.69 Å². The number of hydrogen-bond donors (Lipinski definition) is 1. The van der Waals surface area contributed by atoms with Crippen LogP contribution in [-0.4, -0.2) is 5.91 Å². The minimum Gasteiger partial charge on any atom is -0.322 e. The zero-order valence-corrected chi connectivity index (χ0v) is 13.3. The summed E-state index contributed by atoms with van der Waals surface area (Å²) >= 11 is 9.30. The number of halogens is 2. The van der Waals surface area contributed by atoms with Crippen molar-refractivity contribution in [1.29, 1.82) is 0 Å². The average Bonchev–Trinajstić information content (AvgIpc) is 2.50. The number of amides is 1. The number of carbonyl (C=O) groups excluding carboxylic acids is 1. The number of benzene rings is 3. The average molecular weight is 361 g/mol. The standard InChI is InChI=1S/C17H11BrClNO/c18-15-10-12(8-9-16(15)19)20-17(21)14-7-3-5-11-4-1-2-6-13(11)14/h1-10H,(H,20,21). The normalized spacial score (nSPS) is 10.6. The van der Waals surface area contributed by atoms with Crippen molar-refractivity contribution < 1.29 is 4.79 Å². The van der Waals surface area contributed by atoms with Crippen LogP contribution in [0.1, 0.15) is 10.4 Å². The van der Waals surface area contributed by atoms with Crippen LogP contribution in [0.2, 0.25) is 5.02 Å². The predicted octanol–water partition coefficient (Wildman–Crippen LogP) is 5.51. The summed E-state index contributed by atoms with van der Waals surface area (Å²) in [5.41, 5.74) is 1.35. The molecule has 3 rings (SSSR count). The molecular weight excluding hydrogens is 350 g/mol. The third-order valence-electron chi connectivity index (χ3n) is 3.21. The molecule has 4 heteroatoms. The van der Waals surface area contributed by atoms with E-state index in [1.165, 1.54) is 0 Å². The molecule has 0 spiro atoms. The Hall–Kier alpha value is -1.84. The van der Waals surface area contributed by atoms with Gasteiger partial charge in [-0.15, -0.1) is 0 Å². The predicted molar refractivity (Wildman–Crippen MR) is 91.1 cm³/mol. The second-order valence-corrected chi connectivity index (χ2v) is 5.87. The van der Waals surface area contributed by atoms with Crippen molar-refractivity contribution in [3.05, 3.63) is 75.7 Å². The zero-order valence-electron chi connectivity index (χ0n) is 10.9. The van der Waals surface area contributed by atoms with Crippen molar-refractivity contribution in [3.63, 3.8) is 0 Å². The van der Waals surface area contributed by atoms with Crippen molar-refractivity contribution in [1.82, 2.24) is 0 Å². The van der Waals surface area contributed by atoms with Crippen LogP contribution < -0.4 is 5.32 Å². The maximum atomic E-state index is 12.5. The number of anilines is 1. The van der Waals surface area contributed by atoms with Crippen molar-refractivity contribution in [2.75, 3.05) is 5.32 Å². The van der Waals surface area contributed by atoms with E-state index in [1.54, 1.807) is 18.2 Å². The maximum Gasteiger partial charge on any atom is 0.256 e. The fraction of sp³-hybridized carbons (Fsp3) is 0. The third kappa shape index (κ3) is 2.94. The summed E-state index contributed by atoms with van der Waals surface area (Å²) < 4.78 is 0.750. The zero-order chi connectivity index (χ0) is 14.8. The van der Waals surface area contributed by atoms with Crippen LogP contribution in [0.5, 0.6) is 0 Å². The lowest BCUT2D eigenvalue weighted by Gasteiger charge is -2.09. The van der Waals surface area contributed by atoms with E-state index in [0.29, 0.717) is 16.3 Å². The summed E-state index contributed by atoms with van der Waals surface area (Å²) in [5, 5.41) is 5.48. The molecular formula is C17H11BrClNO. The molecule has 0 bridgehead atoms. The summed E-state index contributed by atoms with van der Waals surface area (Å²) in [6.45, 7) is 0. The molecule has 3 aromatic rings. The Labute approximate surface area is 135 Å². The topological polar surface area (TPSA) is 29.1 Å². The number of hydrogen-bond acceptors (Lipinski definition) is 1. The van der Waals surface area contributed by atoms with Crippen LogP contribution >= 0.6 is 27.5 Å². The van der Waals surface area contributed by atoms with Gasteiger partial charge in [-0.25, -0.2) is 0 Å². The Bertz CT molecular complexity index is 827. The van der Waals surface area contributed by atoms with Crippen LogP contribution in [-0.2, 0) is 0 Å². The lowest BCUT2D eigenvalue weighted by molar-refractivity contribution is 0.102. The van der Waals surface area contributed by atoms with Gasteiger partial charge in [0.25, 0.3) is 5.91 Å². The molecule has 0 atom stereocenters. The molecule has 0 radical (unpaired) electrons. The highest BCUT2D eigenvalue weighted by molar-refractivity contribution is 9.10. The highest BCUT2D eigenvalue weighted by Gasteiger charge is 2.10. The Kier molecular flexibility index (Phi) is 3.95. The van der Waals surface area contributed by atoms with E-state index >= 15 is 0 Å². The molecule has 0 saturated carbocycles. The van der Waals surface area contributed by atoms with Crippen molar-refractivity contribution in [2.24, 2.45) is 0 Å². The van der Waals surface area contributed by atoms with E-state index < -0.39 is 0 Å². The quantitative estimate of drug-likeness (QED) is 0.641. The summed E-state index contributed by atoms with van der Waals surface area (Å²) in [6, 6.07) is 18.8. The second kappa shape index (κ2) is 5.88. The van der Waals surface area contributed by atoms with Gasteiger partial charge in [-0.2, -0.15) is 0 Å². The van der Waals surface area contributed by atoms with Gasteiger partial charge in [0.05, 0.1) is 5.02 Å². The molecule has 21 heavy (non-hydrogen) atoms. The van der Waals surface area contributed by atoms with E-state index in [0.717, 1.165) is 15.2 Å². The van der Waals surface area contributed by atoms with Crippen LogP contribution in [0, 0.1) is 0 Å². The fourth-order valence-electron chi connectivity index (χ4n) is 2.20. The highest BCUT2D eigenvalue weighted by atomic mass is 79.9. The second-order valence-electron chi connectivity index (χ2n) is 4.61. The Morgan fingerprint density at radius 3 is 2.57 bits per heavy atom. The number of carbonyl (C=O) groups is 1. The van der Waals surface area contributed by atoms with Crippen molar-refractivity contribution in [2.45, 2.75) is 0 Å². The van der Waals surface area contributed by atoms with Crippen molar-refractivity contribution >= 4 is 49.9 Å². The molecule has 3 aromatic carbocycles. The van der Waals surface area contributed by atoms with Gasteiger partial charge in [-0.1, -0.05) is 48.0 Å². The Morgan fingerprint density at radius 2 is 1.76 bits per heavy atom. The van der Waals surface area contributed by atoms with Gasteiger partial charge < -0.3 is 5.32 Å². The summed E-state index contributed by atoms with van der Waals surface area (Å²) in [6.07, 6.45) is 0. The first kappa shape index (κ1) is 14.1. The van der Waals surface area contributed by atoms with Gasteiger partial charge in [0.15, 0.2) is 0 Å². The van der Waals surface area contributed by atoms with E-state index in [-0.39, 0.29) is 5.91 Å². The van der Waals surface area contributed by atoms with Gasteiger partial charge in [0.1, 0.15) is 0 Å².